The Hall–Kier alpha value is -0.860. The lowest BCUT2D eigenvalue weighted by atomic mass is 10.2. The van der Waals surface area contributed by atoms with Crippen molar-refractivity contribution in [2.45, 2.75) is 39.0 Å². The van der Waals surface area contributed by atoms with Gasteiger partial charge in [0.05, 0.1) is 0 Å². The van der Waals surface area contributed by atoms with Crippen molar-refractivity contribution in [2.24, 2.45) is 0 Å². The van der Waals surface area contributed by atoms with E-state index in [9.17, 15) is 9.59 Å². The number of hydrogen-bond acceptors (Lipinski definition) is 2. The molecular weight excluding hydrogens is 154 g/mol. The van der Waals surface area contributed by atoms with Crippen molar-refractivity contribution in [1.29, 1.82) is 0 Å². The lowest BCUT2D eigenvalue weighted by Gasteiger charge is -2.01. The van der Waals surface area contributed by atoms with Gasteiger partial charge in [0.2, 0.25) is 5.91 Å². The number of unbranched alkanes of at least 4 members (excludes halogenated alkanes) is 3. The van der Waals surface area contributed by atoms with Gasteiger partial charge in [0, 0.05) is 19.4 Å². The van der Waals surface area contributed by atoms with Crippen LogP contribution < -0.4 is 5.32 Å². The molecule has 0 fully saturated rings. The van der Waals surface area contributed by atoms with Crippen molar-refractivity contribution in [1.82, 2.24) is 5.32 Å². The minimum absolute atomic E-state index is 0.102. The van der Waals surface area contributed by atoms with E-state index in [1.165, 1.54) is 0 Å². The van der Waals surface area contributed by atoms with Gasteiger partial charge in [-0.3, -0.25) is 4.79 Å². The molecule has 0 saturated heterocycles. The predicted molar refractivity (Wildman–Crippen MR) is 47.8 cm³/mol. The first kappa shape index (κ1) is 11.1. The third-order valence-electron chi connectivity index (χ3n) is 1.64. The summed E-state index contributed by atoms with van der Waals surface area (Å²) in [5.74, 6) is 0.102. The number of aldehydes is 1. The summed E-state index contributed by atoms with van der Waals surface area (Å²) in [5, 5.41) is 2.78. The topological polar surface area (TPSA) is 46.2 Å². The molecule has 0 atom stereocenters. The van der Waals surface area contributed by atoms with E-state index in [2.05, 4.69) is 5.32 Å². The highest BCUT2D eigenvalue weighted by Crippen LogP contribution is 1.96. The zero-order valence-electron chi connectivity index (χ0n) is 7.64. The number of carbonyl (C=O) groups is 2. The molecule has 0 aliphatic heterocycles. The maximum Gasteiger partial charge on any atom is 0.219 e. The monoisotopic (exact) mass is 171 g/mol. The van der Waals surface area contributed by atoms with E-state index in [0.29, 0.717) is 12.8 Å². The molecular formula is C9H17NO2. The molecule has 3 nitrogen and oxygen atoms in total. The quantitative estimate of drug-likeness (QED) is 0.463. The molecule has 0 aromatic heterocycles. The lowest BCUT2D eigenvalue weighted by Crippen LogP contribution is -2.23. The van der Waals surface area contributed by atoms with Crippen LogP contribution in [-0.4, -0.2) is 18.7 Å². The fraction of sp³-hybridized carbons (Fsp3) is 0.778. The lowest BCUT2D eigenvalue weighted by molar-refractivity contribution is -0.120. The Labute approximate surface area is 73.5 Å². The van der Waals surface area contributed by atoms with Gasteiger partial charge < -0.3 is 10.1 Å². The smallest absolute Gasteiger partial charge is 0.219 e. The molecule has 1 amide bonds. The van der Waals surface area contributed by atoms with Crippen molar-refractivity contribution >= 4 is 12.2 Å². The molecule has 0 aliphatic rings. The zero-order chi connectivity index (χ0) is 9.23. The number of amides is 1. The van der Waals surface area contributed by atoms with Gasteiger partial charge >= 0.3 is 0 Å². The first-order valence-electron chi connectivity index (χ1n) is 4.51. The molecule has 0 radical (unpaired) electrons. The molecule has 70 valence electrons. The van der Waals surface area contributed by atoms with Crippen LogP contribution in [0, 0.1) is 0 Å². The van der Waals surface area contributed by atoms with Crippen molar-refractivity contribution in [2.75, 3.05) is 6.54 Å². The van der Waals surface area contributed by atoms with E-state index >= 15 is 0 Å². The Morgan fingerprint density at radius 3 is 2.67 bits per heavy atom. The Balaban J connectivity index is 3.00. The minimum atomic E-state index is 0.102. The van der Waals surface area contributed by atoms with Crippen molar-refractivity contribution in [3.8, 4) is 0 Å². The summed E-state index contributed by atoms with van der Waals surface area (Å²) < 4.78 is 0. The van der Waals surface area contributed by atoms with E-state index in [4.69, 9.17) is 0 Å². The molecule has 0 bridgehead atoms. The summed E-state index contributed by atoms with van der Waals surface area (Å²) in [4.78, 5) is 20.7. The van der Waals surface area contributed by atoms with Crippen molar-refractivity contribution in [3.05, 3.63) is 0 Å². The third-order valence-corrected chi connectivity index (χ3v) is 1.64. The van der Waals surface area contributed by atoms with E-state index in [1.807, 2.05) is 6.92 Å². The average molecular weight is 171 g/mol. The SMILES string of the molecule is CCC(=O)NCCCCCC=O. The van der Waals surface area contributed by atoms with Gasteiger partial charge in [0.15, 0.2) is 0 Å². The van der Waals surface area contributed by atoms with Crippen LogP contribution in [-0.2, 0) is 9.59 Å². The van der Waals surface area contributed by atoms with Gasteiger partial charge in [-0.25, -0.2) is 0 Å². The first-order chi connectivity index (χ1) is 5.81. The van der Waals surface area contributed by atoms with E-state index in [1.54, 1.807) is 0 Å². The molecule has 0 unspecified atom stereocenters. The Kier molecular flexibility index (Phi) is 7.65. The molecule has 3 heteroatoms. The molecule has 0 saturated carbocycles. The number of hydrogen-bond donors (Lipinski definition) is 1. The molecule has 0 aliphatic carbocycles. The third kappa shape index (κ3) is 7.25. The van der Waals surface area contributed by atoms with Crippen LogP contribution in [0.3, 0.4) is 0 Å². The van der Waals surface area contributed by atoms with Crippen molar-refractivity contribution in [3.63, 3.8) is 0 Å². The summed E-state index contributed by atoms with van der Waals surface area (Å²) >= 11 is 0. The van der Waals surface area contributed by atoms with E-state index < -0.39 is 0 Å². The Bertz CT molecular complexity index is 134. The molecule has 1 N–H and O–H groups in total. The summed E-state index contributed by atoms with van der Waals surface area (Å²) in [7, 11) is 0. The number of nitrogens with one attached hydrogen (secondary N) is 1. The van der Waals surface area contributed by atoms with Crippen LogP contribution in [0.2, 0.25) is 0 Å². The van der Waals surface area contributed by atoms with Gasteiger partial charge in [0.25, 0.3) is 0 Å². The fourth-order valence-electron chi connectivity index (χ4n) is 0.882. The van der Waals surface area contributed by atoms with Gasteiger partial charge in [-0.05, 0) is 12.8 Å². The molecule has 0 rings (SSSR count). The van der Waals surface area contributed by atoms with Gasteiger partial charge in [0.1, 0.15) is 6.29 Å². The van der Waals surface area contributed by atoms with Crippen LogP contribution in [0.1, 0.15) is 39.0 Å². The molecule has 0 spiro atoms. The second-order valence-electron chi connectivity index (χ2n) is 2.72. The molecule has 0 aromatic carbocycles. The minimum Gasteiger partial charge on any atom is -0.356 e. The summed E-state index contributed by atoms with van der Waals surface area (Å²) in [6.45, 7) is 2.58. The predicted octanol–water partition coefficient (Wildman–Crippen LogP) is 1.27. The first-order valence-corrected chi connectivity index (χ1v) is 4.51. The van der Waals surface area contributed by atoms with Crippen LogP contribution in [0.5, 0.6) is 0 Å². The summed E-state index contributed by atoms with van der Waals surface area (Å²) in [6, 6.07) is 0. The fourth-order valence-corrected chi connectivity index (χ4v) is 0.882. The van der Waals surface area contributed by atoms with E-state index in [-0.39, 0.29) is 5.91 Å². The van der Waals surface area contributed by atoms with Gasteiger partial charge in [-0.2, -0.15) is 0 Å². The number of carbonyl (C=O) groups excluding carboxylic acids is 2. The second kappa shape index (κ2) is 8.24. The van der Waals surface area contributed by atoms with E-state index in [0.717, 1.165) is 32.1 Å². The van der Waals surface area contributed by atoms with Crippen LogP contribution in [0.25, 0.3) is 0 Å². The highest BCUT2D eigenvalue weighted by atomic mass is 16.1. The average Bonchev–Trinajstić information content (AvgIpc) is 2.10. The zero-order valence-corrected chi connectivity index (χ0v) is 7.64. The molecule has 12 heavy (non-hydrogen) atoms. The summed E-state index contributed by atoms with van der Waals surface area (Å²) in [5.41, 5.74) is 0. The van der Waals surface area contributed by atoms with Crippen LogP contribution in [0.4, 0.5) is 0 Å². The van der Waals surface area contributed by atoms with Crippen LogP contribution in [0.15, 0.2) is 0 Å². The highest BCUT2D eigenvalue weighted by Gasteiger charge is 1.94. The van der Waals surface area contributed by atoms with Gasteiger partial charge in [-0.1, -0.05) is 13.3 Å². The Morgan fingerprint density at radius 2 is 2.08 bits per heavy atom. The standard InChI is InChI=1S/C9H17NO2/c1-2-9(12)10-7-5-3-4-6-8-11/h8H,2-7H2,1H3,(H,10,12). The summed E-state index contributed by atoms with van der Waals surface area (Å²) in [6.07, 6.45) is 5.05. The Morgan fingerprint density at radius 1 is 1.33 bits per heavy atom. The largest absolute Gasteiger partial charge is 0.356 e. The van der Waals surface area contributed by atoms with Crippen LogP contribution >= 0.6 is 0 Å². The second-order valence-corrected chi connectivity index (χ2v) is 2.72. The van der Waals surface area contributed by atoms with Crippen molar-refractivity contribution < 1.29 is 9.59 Å². The maximum atomic E-state index is 10.7. The highest BCUT2D eigenvalue weighted by molar-refractivity contribution is 5.75. The normalized spacial score (nSPS) is 9.42. The molecule has 0 aromatic rings. The maximum absolute atomic E-state index is 10.7. The molecule has 0 heterocycles. The number of rotatable bonds is 7. The van der Waals surface area contributed by atoms with Gasteiger partial charge in [-0.15, -0.1) is 0 Å².